The summed E-state index contributed by atoms with van der Waals surface area (Å²) in [4.78, 5) is 22.6. The van der Waals surface area contributed by atoms with Crippen LogP contribution in [0.4, 0.5) is 0 Å². The zero-order valence-electron chi connectivity index (χ0n) is 12.1. The van der Waals surface area contributed by atoms with E-state index in [1.807, 2.05) is 38.1 Å². The summed E-state index contributed by atoms with van der Waals surface area (Å²) in [6, 6.07) is 7.62. The van der Waals surface area contributed by atoms with Gasteiger partial charge in [0.2, 0.25) is 0 Å². The van der Waals surface area contributed by atoms with Crippen molar-refractivity contribution in [2.24, 2.45) is 0 Å². The maximum absolute atomic E-state index is 11.4. The van der Waals surface area contributed by atoms with E-state index < -0.39 is 17.4 Å². The van der Waals surface area contributed by atoms with E-state index in [1.54, 1.807) is 13.0 Å². The average molecular weight is 287 g/mol. The minimum absolute atomic E-state index is 0.0843. The van der Waals surface area contributed by atoms with Crippen molar-refractivity contribution in [1.82, 2.24) is 5.32 Å². The van der Waals surface area contributed by atoms with Gasteiger partial charge in [0, 0.05) is 5.41 Å². The van der Waals surface area contributed by atoms with Gasteiger partial charge < -0.3 is 15.5 Å². The Bertz CT molecular complexity index is 687. The first-order chi connectivity index (χ1) is 9.75. The van der Waals surface area contributed by atoms with Gasteiger partial charge in [-0.15, -0.1) is 0 Å². The molecule has 0 aromatic heterocycles. The summed E-state index contributed by atoms with van der Waals surface area (Å²) in [5.74, 6) is -2.35. The number of allylic oxidation sites excluding steroid dienone is 2. The van der Waals surface area contributed by atoms with Crippen LogP contribution in [0.15, 0.2) is 47.3 Å². The maximum atomic E-state index is 11.4. The molecule has 0 amide bonds. The largest absolute Gasteiger partial charge is 0.477 e. The van der Waals surface area contributed by atoms with E-state index in [0.29, 0.717) is 5.57 Å². The van der Waals surface area contributed by atoms with Crippen molar-refractivity contribution in [3.8, 4) is 0 Å². The molecule has 0 bridgehead atoms. The van der Waals surface area contributed by atoms with Crippen molar-refractivity contribution < 1.29 is 19.8 Å². The second-order valence-corrected chi connectivity index (χ2v) is 5.37. The van der Waals surface area contributed by atoms with E-state index in [2.05, 4.69) is 5.32 Å². The summed E-state index contributed by atoms with van der Waals surface area (Å²) in [6.45, 7) is 5.46. The number of dihydropyridines is 1. The van der Waals surface area contributed by atoms with Crippen LogP contribution < -0.4 is 5.32 Å². The molecule has 1 aromatic rings. The molecule has 5 heteroatoms. The van der Waals surface area contributed by atoms with Crippen molar-refractivity contribution in [2.75, 3.05) is 0 Å². The van der Waals surface area contributed by atoms with Crippen LogP contribution in [0.5, 0.6) is 0 Å². The highest BCUT2D eigenvalue weighted by molar-refractivity contribution is 5.94. The molecule has 1 aliphatic rings. The standard InChI is InChI=1S/C16H17NO4/c1-9-5-4-6-11(7-9)16(3)8-12(14(18)19)17-13(10(16)2)15(20)21/h4-8,17H,1-3H3,(H,18,19)(H,20,21). The Labute approximate surface area is 122 Å². The molecule has 1 heterocycles. The molecule has 2 rings (SSSR count). The molecule has 0 saturated heterocycles. The van der Waals surface area contributed by atoms with E-state index in [-0.39, 0.29) is 11.4 Å². The minimum Gasteiger partial charge on any atom is -0.477 e. The smallest absolute Gasteiger partial charge is 0.352 e. The zero-order chi connectivity index (χ0) is 15.8. The predicted molar refractivity (Wildman–Crippen MR) is 77.7 cm³/mol. The van der Waals surface area contributed by atoms with Crippen LogP contribution in [0, 0.1) is 6.92 Å². The van der Waals surface area contributed by atoms with E-state index in [9.17, 15) is 19.8 Å². The number of aliphatic carboxylic acids is 2. The molecule has 0 aliphatic carbocycles. The summed E-state index contributed by atoms with van der Waals surface area (Å²) in [5.41, 5.74) is 1.48. The predicted octanol–water partition coefficient (Wildman–Crippen LogP) is 2.18. The molecular weight excluding hydrogens is 270 g/mol. The van der Waals surface area contributed by atoms with E-state index >= 15 is 0 Å². The van der Waals surface area contributed by atoms with Gasteiger partial charge in [0.15, 0.2) is 0 Å². The molecule has 1 atom stereocenters. The minimum atomic E-state index is -1.18. The maximum Gasteiger partial charge on any atom is 0.352 e. The number of hydrogen-bond acceptors (Lipinski definition) is 3. The Morgan fingerprint density at radius 3 is 2.33 bits per heavy atom. The summed E-state index contributed by atoms with van der Waals surface area (Å²) >= 11 is 0. The van der Waals surface area contributed by atoms with E-state index in [0.717, 1.165) is 11.1 Å². The normalized spacial score (nSPS) is 21.6. The van der Waals surface area contributed by atoms with Crippen molar-refractivity contribution >= 4 is 11.9 Å². The van der Waals surface area contributed by atoms with Gasteiger partial charge in [-0.3, -0.25) is 0 Å². The number of rotatable bonds is 3. The molecule has 1 aliphatic heterocycles. The fourth-order valence-corrected chi connectivity index (χ4v) is 2.52. The summed E-state index contributed by atoms with van der Waals surface area (Å²) in [6.07, 6.45) is 1.56. The van der Waals surface area contributed by atoms with Gasteiger partial charge in [0.05, 0.1) is 0 Å². The van der Waals surface area contributed by atoms with Gasteiger partial charge in [-0.1, -0.05) is 29.8 Å². The lowest BCUT2D eigenvalue weighted by molar-refractivity contribution is -0.133. The molecule has 110 valence electrons. The topological polar surface area (TPSA) is 86.6 Å². The fourth-order valence-electron chi connectivity index (χ4n) is 2.52. The number of carbonyl (C=O) groups is 2. The first-order valence-electron chi connectivity index (χ1n) is 6.50. The summed E-state index contributed by atoms with van der Waals surface area (Å²) in [7, 11) is 0. The Balaban J connectivity index is 2.68. The third-order valence-corrected chi connectivity index (χ3v) is 3.91. The SMILES string of the molecule is CC1=C(C(=O)O)NC(C(=O)O)=CC1(C)c1cccc(C)c1. The Morgan fingerprint density at radius 1 is 1.14 bits per heavy atom. The van der Waals surface area contributed by atoms with Crippen LogP contribution in [-0.4, -0.2) is 22.2 Å². The number of carboxylic acids is 2. The molecule has 3 N–H and O–H groups in total. The number of aryl methyl sites for hydroxylation is 1. The number of nitrogens with one attached hydrogen (secondary N) is 1. The molecule has 0 saturated carbocycles. The van der Waals surface area contributed by atoms with Gasteiger partial charge in [-0.2, -0.15) is 0 Å². The average Bonchev–Trinajstić information content (AvgIpc) is 2.41. The monoisotopic (exact) mass is 287 g/mol. The Kier molecular flexibility index (Phi) is 3.60. The number of hydrogen-bond donors (Lipinski definition) is 3. The molecule has 0 radical (unpaired) electrons. The van der Waals surface area contributed by atoms with Gasteiger partial charge in [0.25, 0.3) is 0 Å². The second-order valence-electron chi connectivity index (χ2n) is 5.37. The zero-order valence-corrected chi connectivity index (χ0v) is 12.1. The lowest BCUT2D eigenvalue weighted by Gasteiger charge is -2.34. The lowest BCUT2D eigenvalue weighted by atomic mass is 9.73. The molecule has 0 fully saturated rings. The molecule has 5 nitrogen and oxygen atoms in total. The third-order valence-electron chi connectivity index (χ3n) is 3.91. The van der Waals surface area contributed by atoms with Crippen LogP contribution >= 0.6 is 0 Å². The van der Waals surface area contributed by atoms with Crippen molar-refractivity contribution in [2.45, 2.75) is 26.2 Å². The van der Waals surface area contributed by atoms with Crippen LogP contribution in [0.1, 0.15) is 25.0 Å². The van der Waals surface area contributed by atoms with Crippen LogP contribution in [0.3, 0.4) is 0 Å². The quantitative estimate of drug-likeness (QED) is 0.793. The molecule has 21 heavy (non-hydrogen) atoms. The first-order valence-corrected chi connectivity index (χ1v) is 6.50. The highest BCUT2D eigenvalue weighted by Crippen LogP contribution is 2.38. The van der Waals surface area contributed by atoms with Gasteiger partial charge in [-0.25, -0.2) is 9.59 Å². The van der Waals surface area contributed by atoms with Crippen LogP contribution in [0.2, 0.25) is 0 Å². The fraction of sp³-hybridized carbons (Fsp3) is 0.250. The highest BCUT2D eigenvalue weighted by atomic mass is 16.4. The Morgan fingerprint density at radius 2 is 1.81 bits per heavy atom. The summed E-state index contributed by atoms with van der Waals surface area (Å²) < 4.78 is 0. The molecule has 1 aromatic carbocycles. The van der Waals surface area contributed by atoms with Gasteiger partial charge in [0.1, 0.15) is 11.4 Å². The van der Waals surface area contributed by atoms with Crippen molar-refractivity contribution in [3.63, 3.8) is 0 Å². The lowest BCUT2D eigenvalue weighted by Crippen LogP contribution is -2.37. The van der Waals surface area contributed by atoms with E-state index in [1.165, 1.54) is 0 Å². The van der Waals surface area contributed by atoms with Crippen molar-refractivity contribution in [1.29, 1.82) is 0 Å². The summed E-state index contributed by atoms with van der Waals surface area (Å²) in [5, 5.41) is 21.0. The molecule has 1 unspecified atom stereocenters. The number of benzene rings is 1. The van der Waals surface area contributed by atoms with Crippen LogP contribution in [-0.2, 0) is 15.0 Å². The van der Waals surface area contributed by atoms with Crippen LogP contribution in [0.25, 0.3) is 0 Å². The van der Waals surface area contributed by atoms with Gasteiger partial charge >= 0.3 is 11.9 Å². The van der Waals surface area contributed by atoms with Gasteiger partial charge in [-0.05, 0) is 38.0 Å². The number of carboxylic acid groups (broad SMARTS) is 2. The molecule has 0 spiro atoms. The highest BCUT2D eigenvalue weighted by Gasteiger charge is 2.36. The third kappa shape index (κ3) is 2.54. The molecular formula is C16H17NO4. The van der Waals surface area contributed by atoms with E-state index in [4.69, 9.17) is 0 Å². The van der Waals surface area contributed by atoms with Crippen molar-refractivity contribution in [3.05, 3.63) is 58.4 Å². The first kappa shape index (κ1) is 14.8. The Hall–Kier alpha value is -2.56. The second kappa shape index (κ2) is 5.09.